The Hall–Kier alpha value is -2.79. The van der Waals surface area contributed by atoms with Crippen LogP contribution in [0.1, 0.15) is 20.0 Å². The maximum Gasteiger partial charge on any atom is 0.157 e. The van der Waals surface area contributed by atoms with Crippen LogP contribution in [0.25, 0.3) is 22.5 Å². The molecule has 0 aliphatic carbocycles. The van der Waals surface area contributed by atoms with Crippen LogP contribution >= 0.6 is 11.8 Å². The summed E-state index contributed by atoms with van der Waals surface area (Å²) in [6.07, 6.45) is 6.19. The van der Waals surface area contributed by atoms with Crippen LogP contribution in [0.3, 0.4) is 0 Å². The minimum Gasteiger partial charge on any atom is -0.246 e. The van der Waals surface area contributed by atoms with E-state index in [0.717, 1.165) is 22.5 Å². The van der Waals surface area contributed by atoms with E-state index in [1.54, 1.807) is 0 Å². The van der Waals surface area contributed by atoms with Crippen molar-refractivity contribution in [2.24, 2.45) is 0 Å². The minimum atomic E-state index is -0.0973. The number of nitrogens with zero attached hydrogens (tertiary/aromatic N) is 4. The van der Waals surface area contributed by atoms with Gasteiger partial charge in [0.15, 0.2) is 6.17 Å². The molecule has 142 valence electrons. The van der Waals surface area contributed by atoms with Crippen LogP contribution in [0.4, 0.5) is 0 Å². The summed E-state index contributed by atoms with van der Waals surface area (Å²) >= 11 is 1.81. The molecule has 28 heavy (non-hydrogen) atoms. The summed E-state index contributed by atoms with van der Waals surface area (Å²) in [5, 5.41) is 9.79. The molecule has 4 aromatic rings. The SMILES string of the molecule is CSC(C)(C)C(n1ccc(-c2ccccc2)n1)n1ccc(-c2ccccc2)n1. The Balaban J connectivity index is 1.74. The molecule has 0 aliphatic rings. The van der Waals surface area contributed by atoms with E-state index in [0.29, 0.717) is 0 Å². The van der Waals surface area contributed by atoms with Gasteiger partial charge in [-0.2, -0.15) is 22.0 Å². The molecule has 2 aromatic heterocycles. The quantitative estimate of drug-likeness (QED) is 0.431. The zero-order chi connectivity index (χ0) is 19.6. The average Bonchev–Trinajstić information content (AvgIpc) is 3.40. The van der Waals surface area contributed by atoms with E-state index >= 15 is 0 Å². The van der Waals surface area contributed by atoms with Crippen LogP contribution < -0.4 is 0 Å². The molecular weight excluding hydrogens is 364 g/mol. The van der Waals surface area contributed by atoms with Gasteiger partial charge in [-0.1, -0.05) is 60.7 Å². The molecule has 0 spiro atoms. The van der Waals surface area contributed by atoms with Crippen LogP contribution in [0, 0.1) is 0 Å². The van der Waals surface area contributed by atoms with Crippen LogP contribution in [0.15, 0.2) is 85.2 Å². The van der Waals surface area contributed by atoms with Crippen molar-refractivity contribution in [2.75, 3.05) is 6.26 Å². The van der Waals surface area contributed by atoms with E-state index in [1.165, 1.54) is 0 Å². The third-order valence-corrected chi connectivity index (χ3v) is 6.27. The van der Waals surface area contributed by atoms with E-state index in [2.05, 4.69) is 68.9 Å². The Morgan fingerprint density at radius 2 is 1.14 bits per heavy atom. The molecule has 0 fully saturated rings. The Kier molecular flexibility index (Phi) is 5.09. The average molecular weight is 389 g/mol. The topological polar surface area (TPSA) is 35.6 Å². The zero-order valence-corrected chi connectivity index (χ0v) is 17.2. The molecule has 2 heterocycles. The highest BCUT2D eigenvalue weighted by Gasteiger charge is 2.33. The second-order valence-electron chi connectivity index (χ2n) is 7.28. The summed E-state index contributed by atoms with van der Waals surface area (Å²) in [6, 6.07) is 24.7. The van der Waals surface area contributed by atoms with Crippen molar-refractivity contribution in [3.63, 3.8) is 0 Å². The zero-order valence-electron chi connectivity index (χ0n) is 16.4. The van der Waals surface area contributed by atoms with Gasteiger partial charge in [-0.05, 0) is 32.2 Å². The first-order chi connectivity index (χ1) is 13.6. The van der Waals surface area contributed by atoms with Gasteiger partial charge in [0.05, 0.1) is 16.1 Å². The molecule has 4 rings (SSSR count). The summed E-state index contributed by atoms with van der Waals surface area (Å²) in [7, 11) is 0. The lowest BCUT2D eigenvalue weighted by atomic mass is 10.1. The van der Waals surface area contributed by atoms with Gasteiger partial charge in [-0.25, -0.2) is 9.36 Å². The summed E-state index contributed by atoms with van der Waals surface area (Å²) < 4.78 is 3.96. The molecule has 0 unspecified atom stereocenters. The normalized spacial score (nSPS) is 11.9. The Labute approximate surface area is 170 Å². The van der Waals surface area contributed by atoms with E-state index in [1.807, 2.05) is 57.5 Å². The second kappa shape index (κ2) is 7.68. The number of hydrogen-bond donors (Lipinski definition) is 0. The Bertz CT molecular complexity index is 957. The summed E-state index contributed by atoms with van der Waals surface area (Å²) in [6.45, 7) is 4.46. The summed E-state index contributed by atoms with van der Waals surface area (Å²) in [4.78, 5) is 0. The van der Waals surface area contributed by atoms with Gasteiger partial charge in [0.25, 0.3) is 0 Å². The molecule has 0 aliphatic heterocycles. The smallest absolute Gasteiger partial charge is 0.157 e. The van der Waals surface area contributed by atoms with E-state index < -0.39 is 0 Å². The van der Waals surface area contributed by atoms with Gasteiger partial charge in [0.2, 0.25) is 0 Å². The lowest BCUT2D eigenvalue weighted by Crippen LogP contribution is -2.36. The van der Waals surface area contributed by atoms with Crippen molar-refractivity contribution in [1.82, 2.24) is 19.6 Å². The molecule has 5 heteroatoms. The molecule has 4 nitrogen and oxygen atoms in total. The van der Waals surface area contributed by atoms with E-state index in [-0.39, 0.29) is 10.9 Å². The van der Waals surface area contributed by atoms with Crippen LogP contribution in [-0.2, 0) is 0 Å². The Morgan fingerprint density at radius 3 is 1.54 bits per heavy atom. The third kappa shape index (κ3) is 3.62. The fraction of sp³-hybridized carbons (Fsp3) is 0.217. The molecule has 0 radical (unpaired) electrons. The van der Waals surface area contributed by atoms with Crippen molar-refractivity contribution >= 4 is 11.8 Å². The summed E-state index contributed by atoms with van der Waals surface area (Å²) in [5.41, 5.74) is 4.18. The highest BCUT2D eigenvalue weighted by atomic mass is 32.2. The first-order valence-corrected chi connectivity index (χ1v) is 10.6. The van der Waals surface area contributed by atoms with Crippen molar-refractivity contribution in [2.45, 2.75) is 24.8 Å². The lowest BCUT2D eigenvalue weighted by molar-refractivity contribution is 0.301. The first kappa shape index (κ1) is 18.6. The summed E-state index contributed by atoms with van der Waals surface area (Å²) in [5.74, 6) is 0. The highest BCUT2D eigenvalue weighted by Crippen LogP contribution is 2.36. The number of hydrogen-bond acceptors (Lipinski definition) is 3. The fourth-order valence-electron chi connectivity index (χ4n) is 3.34. The highest BCUT2D eigenvalue weighted by molar-refractivity contribution is 7.99. The molecule has 0 atom stereocenters. The van der Waals surface area contributed by atoms with Crippen molar-refractivity contribution in [3.8, 4) is 22.5 Å². The molecule has 0 bridgehead atoms. The molecular formula is C23H24N4S. The van der Waals surface area contributed by atoms with E-state index in [4.69, 9.17) is 10.2 Å². The van der Waals surface area contributed by atoms with E-state index in [9.17, 15) is 0 Å². The van der Waals surface area contributed by atoms with Crippen LogP contribution in [-0.4, -0.2) is 30.6 Å². The first-order valence-electron chi connectivity index (χ1n) is 9.35. The predicted molar refractivity (Wildman–Crippen MR) is 117 cm³/mol. The molecule has 0 amide bonds. The number of aromatic nitrogens is 4. The maximum absolute atomic E-state index is 4.90. The molecule has 0 saturated carbocycles. The van der Waals surface area contributed by atoms with Crippen molar-refractivity contribution in [3.05, 3.63) is 85.2 Å². The van der Waals surface area contributed by atoms with Gasteiger partial charge >= 0.3 is 0 Å². The molecule has 0 saturated heterocycles. The largest absolute Gasteiger partial charge is 0.246 e. The van der Waals surface area contributed by atoms with Crippen molar-refractivity contribution < 1.29 is 0 Å². The van der Waals surface area contributed by atoms with Crippen LogP contribution in [0.5, 0.6) is 0 Å². The standard InChI is InChI=1S/C23H24N4S/c1-23(2,28-3)22(26-16-14-20(24-26)18-10-6-4-7-11-18)27-17-15-21(25-27)19-12-8-5-9-13-19/h4-17,22H,1-3H3. The predicted octanol–water partition coefficient (Wildman–Crippen LogP) is 5.60. The fourth-order valence-corrected chi connectivity index (χ4v) is 3.76. The maximum atomic E-state index is 4.90. The lowest BCUT2D eigenvalue weighted by Gasteiger charge is -2.33. The van der Waals surface area contributed by atoms with Gasteiger partial charge in [0.1, 0.15) is 0 Å². The second-order valence-corrected chi connectivity index (χ2v) is 8.74. The monoisotopic (exact) mass is 388 g/mol. The number of benzene rings is 2. The minimum absolute atomic E-state index is 0.0441. The molecule has 0 N–H and O–H groups in total. The van der Waals surface area contributed by atoms with Gasteiger partial charge in [0, 0.05) is 23.5 Å². The van der Waals surface area contributed by atoms with Gasteiger partial charge in [-0.3, -0.25) is 0 Å². The van der Waals surface area contributed by atoms with Gasteiger partial charge < -0.3 is 0 Å². The van der Waals surface area contributed by atoms with Crippen molar-refractivity contribution in [1.29, 1.82) is 0 Å². The third-order valence-electron chi connectivity index (χ3n) is 5.00. The van der Waals surface area contributed by atoms with Crippen LogP contribution in [0.2, 0.25) is 0 Å². The number of thioether (sulfide) groups is 1. The number of rotatable bonds is 6. The Morgan fingerprint density at radius 1 is 0.714 bits per heavy atom. The van der Waals surface area contributed by atoms with Gasteiger partial charge in [-0.15, -0.1) is 0 Å². The molecule has 2 aromatic carbocycles.